The molecule has 1 aliphatic heterocycles. The Balaban J connectivity index is 1.65. The predicted octanol–water partition coefficient (Wildman–Crippen LogP) is 3.17. The predicted molar refractivity (Wildman–Crippen MR) is 88.6 cm³/mol. The summed E-state index contributed by atoms with van der Waals surface area (Å²) in [7, 11) is 1.74. The fourth-order valence-electron chi connectivity index (χ4n) is 3.86. The second kappa shape index (κ2) is 7.28. The number of hydrogen-bond acceptors (Lipinski definition) is 3. The zero-order chi connectivity index (χ0) is 15.4. The Bertz CT molecular complexity index is 532. The Labute approximate surface area is 133 Å². The van der Waals surface area contributed by atoms with E-state index in [2.05, 4.69) is 11.0 Å². The minimum Gasteiger partial charge on any atom is -0.496 e. The minimum atomic E-state index is 0.379. The summed E-state index contributed by atoms with van der Waals surface area (Å²) in [4.78, 5) is 14.8. The molecule has 22 heavy (non-hydrogen) atoms. The molecular formula is C19H27NO2. The average molecular weight is 301 g/mol. The zero-order valence-electron chi connectivity index (χ0n) is 13.7. The van der Waals surface area contributed by atoms with E-state index in [4.69, 9.17) is 4.74 Å². The summed E-state index contributed by atoms with van der Waals surface area (Å²) >= 11 is 0. The first kappa shape index (κ1) is 15.5. The molecule has 0 saturated carbocycles. The van der Waals surface area contributed by atoms with Crippen molar-refractivity contribution >= 4 is 5.78 Å². The van der Waals surface area contributed by atoms with Gasteiger partial charge in [0.2, 0.25) is 0 Å². The first-order chi connectivity index (χ1) is 10.8. The molecule has 1 aromatic carbocycles. The molecule has 0 aromatic heterocycles. The third kappa shape index (κ3) is 3.52. The summed E-state index contributed by atoms with van der Waals surface area (Å²) in [5.74, 6) is 1.38. The molecule has 2 aliphatic rings. The molecule has 0 radical (unpaired) electrons. The van der Waals surface area contributed by atoms with E-state index in [-0.39, 0.29) is 0 Å². The van der Waals surface area contributed by atoms with Gasteiger partial charge in [0, 0.05) is 19.4 Å². The largest absolute Gasteiger partial charge is 0.496 e. The highest BCUT2D eigenvalue weighted by atomic mass is 16.5. The SMILES string of the molecule is COc1ccc(CC(=O)CCN2CCCC2)c2c1CCCC2. The minimum absolute atomic E-state index is 0.379. The Hall–Kier alpha value is -1.35. The van der Waals surface area contributed by atoms with Crippen molar-refractivity contribution in [2.45, 2.75) is 51.4 Å². The highest BCUT2D eigenvalue weighted by Crippen LogP contribution is 2.32. The molecule has 0 atom stereocenters. The Morgan fingerprint density at radius 2 is 1.82 bits per heavy atom. The van der Waals surface area contributed by atoms with Gasteiger partial charge in [-0.05, 0) is 74.4 Å². The van der Waals surface area contributed by atoms with Crippen molar-refractivity contribution in [2.24, 2.45) is 0 Å². The number of carbonyl (C=O) groups excluding carboxylic acids is 1. The van der Waals surface area contributed by atoms with E-state index in [9.17, 15) is 4.79 Å². The molecule has 0 spiro atoms. The second-order valence-electron chi connectivity index (χ2n) is 6.61. The van der Waals surface area contributed by atoms with Crippen LogP contribution in [0.1, 0.15) is 48.8 Å². The topological polar surface area (TPSA) is 29.5 Å². The van der Waals surface area contributed by atoms with E-state index in [0.717, 1.165) is 25.1 Å². The summed E-state index contributed by atoms with van der Waals surface area (Å²) in [6, 6.07) is 4.16. The van der Waals surface area contributed by atoms with Crippen LogP contribution in [-0.4, -0.2) is 37.4 Å². The van der Waals surface area contributed by atoms with Crippen LogP contribution >= 0.6 is 0 Å². The Morgan fingerprint density at radius 3 is 2.55 bits per heavy atom. The number of methoxy groups -OCH3 is 1. The van der Waals surface area contributed by atoms with Crippen molar-refractivity contribution in [1.82, 2.24) is 4.90 Å². The smallest absolute Gasteiger partial charge is 0.138 e. The fraction of sp³-hybridized carbons (Fsp3) is 0.632. The number of hydrogen-bond donors (Lipinski definition) is 0. The van der Waals surface area contributed by atoms with Crippen LogP contribution in [0, 0.1) is 0 Å². The van der Waals surface area contributed by atoms with Gasteiger partial charge in [0.1, 0.15) is 11.5 Å². The van der Waals surface area contributed by atoms with Crippen LogP contribution < -0.4 is 4.74 Å². The molecule has 1 saturated heterocycles. The highest BCUT2D eigenvalue weighted by Gasteiger charge is 2.19. The van der Waals surface area contributed by atoms with Gasteiger partial charge in [-0.2, -0.15) is 0 Å². The van der Waals surface area contributed by atoms with E-state index in [1.165, 1.54) is 55.5 Å². The van der Waals surface area contributed by atoms with Gasteiger partial charge in [-0.1, -0.05) is 6.07 Å². The van der Waals surface area contributed by atoms with Crippen molar-refractivity contribution in [1.29, 1.82) is 0 Å². The van der Waals surface area contributed by atoms with Gasteiger partial charge in [0.05, 0.1) is 7.11 Å². The van der Waals surface area contributed by atoms with Gasteiger partial charge in [0.25, 0.3) is 0 Å². The lowest BCUT2D eigenvalue weighted by atomic mass is 9.86. The van der Waals surface area contributed by atoms with Crippen LogP contribution in [0.2, 0.25) is 0 Å². The lowest BCUT2D eigenvalue weighted by Crippen LogP contribution is -2.23. The van der Waals surface area contributed by atoms with Gasteiger partial charge < -0.3 is 9.64 Å². The van der Waals surface area contributed by atoms with Crippen LogP contribution in [0.15, 0.2) is 12.1 Å². The van der Waals surface area contributed by atoms with Crippen LogP contribution in [0.25, 0.3) is 0 Å². The van der Waals surface area contributed by atoms with Crippen LogP contribution in [0.4, 0.5) is 0 Å². The Kier molecular flexibility index (Phi) is 5.14. The third-order valence-electron chi connectivity index (χ3n) is 5.10. The highest BCUT2D eigenvalue weighted by molar-refractivity contribution is 5.81. The average Bonchev–Trinajstić information content (AvgIpc) is 3.07. The van der Waals surface area contributed by atoms with Crippen molar-refractivity contribution in [3.05, 3.63) is 28.8 Å². The van der Waals surface area contributed by atoms with Crippen molar-refractivity contribution < 1.29 is 9.53 Å². The van der Waals surface area contributed by atoms with Gasteiger partial charge >= 0.3 is 0 Å². The number of ether oxygens (including phenoxy) is 1. The summed E-state index contributed by atoms with van der Waals surface area (Å²) < 4.78 is 5.50. The number of ketones is 1. The molecule has 1 aromatic rings. The van der Waals surface area contributed by atoms with Gasteiger partial charge in [-0.3, -0.25) is 4.79 Å². The van der Waals surface area contributed by atoms with E-state index in [1.807, 2.05) is 6.07 Å². The number of likely N-dealkylation sites (tertiary alicyclic amines) is 1. The summed E-state index contributed by atoms with van der Waals surface area (Å²) in [6.07, 6.45) is 8.53. The van der Waals surface area contributed by atoms with Gasteiger partial charge in [-0.15, -0.1) is 0 Å². The molecule has 0 bridgehead atoms. The van der Waals surface area contributed by atoms with Crippen LogP contribution in [0.5, 0.6) is 5.75 Å². The number of carbonyl (C=O) groups is 1. The maximum absolute atomic E-state index is 12.4. The number of fused-ring (bicyclic) bond motifs is 1. The number of benzene rings is 1. The molecule has 0 unspecified atom stereocenters. The van der Waals surface area contributed by atoms with Crippen LogP contribution in [0.3, 0.4) is 0 Å². The molecule has 120 valence electrons. The normalized spacial score (nSPS) is 18.2. The van der Waals surface area contributed by atoms with E-state index in [0.29, 0.717) is 18.6 Å². The lowest BCUT2D eigenvalue weighted by Gasteiger charge is -2.22. The van der Waals surface area contributed by atoms with E-state index < -0.39 is 0 Å². The van der Waals surface area contributed by atoms with Crippen molar-refractivity contribution in [3.8, 4) is 5.75 Å². The van der Waals surface area contributed by atoms with Crippen LogP contribution in [-0.2, 0) is 24.1 Å². The molecule has 1 heterocycles. The van der Waals surface area contributed by atoms with Gasteiger partial charge in [0.15, 0.2) is 0 Å². The second-order valence-corrected chi connectivity index (χ2v) is 6.61. The zero-order valence-corrected chi connectivity index (χ0v) is 13.7. The molecule has 0 amide bonds. The molecule has 3 rings (SSSR count). The molecule has 1 aliphatic carbocycles. The molecule has 1 fully saturated rings. The van der Waals surface area contributed by atoms with Gasteiger partial charge in [-0.25, -0.2) is 0 Å². The summed E-state index contributed by atoms with van der Waals surface area (Å²) in [5, 5.41) is 0. The Morgan fingerprint density at radius 1 is 1.09 bits per heavy atom. The van der Waals surface area contributed by atoms with E-state index >= 15 is 0 Å². The summed E-state index contributed by atoms with van der Waals surface area (Å²) in [5.41, 5.74) is 3.97. The van der Waals surface area contributed by atoms with Crippen molar-refractivity contribution in [2.75, 3.05) is 26.7 Å². The monoisotopic (exact) mass is 301 g/mol. The lowest BCUT2D eigenvalue weighted by molar-refractivity contribution is -0.118. The molecular weight excluding hydrogens is 274 g/mol. The number of nitrogens with zero attached hydrogens (tertiary/aromatic N) is 1. The third-order valence-corrected chi connectivity index (χ3v) is 5.10. The quantitative estimate of drug-likeness (QED) is 0.808. The first-order valence-corrected chi connectivity index (χ1v) is 8.69. The number of rotatable bonds is 6. The molecule has 3 heteroatoms. The first-order valence-electron chi connectivity index (χ1n) is 8.69. The molecule has 3 nitrogen and oxygen atoms in total. The van der Waals surface area contributed by atoms with E-state index in [1.54, 1.807) is 7.11 Å². The fourth-order valence-corrected chi connectivity index (χ4v) is 3.86. The number of Topliss-reactive ketones (excluding diaryl/α,β-unsaturated/α-hetero) is 1. The van der Waals surface area contributed by atoms with Crippen molar-refractivity contribution in [3.63, 3.8) is 0 Å². The maximum Gasteiger partial charge on any atom is 0.138 e. The standard InChI is InChI=1S/C19H27NO2/c1-22-19-9-8-15(17-6-2-3-7-18(17)19)14-16(21)10-13-20-11-4-5-12-20/h8-9H,2-7,10-14H2,1H3. The summed E-state index contributed by atoms with van der Waals surface area (Å²) in [6.45, 7) is 3.29. The maximum atomic E-state index is 12.4. The molecule has 0 N–H and O–H groups in total.